The molecule has 1 aromatic heterocycles. The Labute approximate surface area is 158 Å². The number of carbonyl (C=O) groups excluding carboxylic acids is 1. The summed E-state index contributed by atoms with van der Waals surface area (Å²) in [6.45, 7) is 7.37. The van der Waals surface area contributed by atoms with Gasteiger partial charge in [-0.05, 0) is 12.1 Å². The summed E-state index contributed by atoms with van der Waals surface area (Å²) in [5.41, 5.74) is 0.933. The summed E-state index contributed by atoms with van der Waals surface area (Å²) < 4.78 is 11.1. The van der Waals surface area contributed by atoms with Gasteiger partial charge in [0, 0.05) is 44.8 Å². The summed E-state index contributed by atoms with van der Waals surface area (Å²) in [7, 11) is 0. The van der Waals surface area contributed by atoms with Gasteiger partial charge in [-0.25, -0.2) is 0 Å². The number of carbonyl (C=O) groups is 1. The van der Waals surface area contributed by atoms with Gasteiger partial charge in [-0.3, -0.25) is 14.6 Å². The van der Waals surface area contributed by atoms with Crippen molar-refractivity contribution in [2.75, 3.05) is 59.0 Å². The molecule has 2 aliphatic heterocycles. The number of morpholine rings is 1. The van der Waals surface area contributed by atoms with Crippen molar-refractivity contribution in [3.8, 4) is 11.5 Å². The van der Waals surface area contributed by atoms with E-state index in [1.54, 1.807) is 0 Å². The molecule has 2 aromatic rings. The van der Waals surface area contributed by atoms with Crippen LogP contribution in [0, 0.1) is 0 Å². The van der Waals surface area contributed by atoms with Gasteiger partial charge >= 0.3 is 0 Å². The summed E-state index contributed by atoms with van der Waals surface area (Å²) in [6, 6.07) is 9.79. The maximum absolute atomic E-state index is 12.4. The van der Waals surface area contributed by atoms with Crippen molar-refractivity contribution in [3.05, 3.63) is 36.2 Å². The third kappa shape index (κ3) is 4.71. The van der Waals surface area contributed by atoms with Crippen molar-refractivity contribution in [2.24, 2.45) is 0 Å². The molecule has 2 fully saturated rings. The minimum absolute atomic E-state index is 0.205. The molecular formula is C19H25N5O3. The number of aromatic nitrogens is 2. The number of piperazine rings is 1. The zero-order valence-electron chi connectivity index (χ0n) is 15.4. The largest absolute Gasteiger partial charge is 0.419 e. The van der Waals surface area contributed by atoms with E-state index in [1.807, 2.05) is 35.2 Å². The van der Waals surface area contributed by atoms with Gasteiger partial charge in [0.05, 0.1) is 26.3 Å². The van der Waals surface area contributed by atoms with Crippen LogP contribution in [-0.2, 0) is 16.1 Å². The van der Waals surface area contributed by atoms with Crippen molar-refractivity contribution in [3.63, 3.8) is 0 Å². The van der Waals surface area contributed by atoms with E-state index in [0.717, 1.165) is 31.7 Å². The van der Waals surface area contributed by atoms with Gasteiger partial charge in [0.25, 0.3) is 0 Å². The molecule has 1 aromatic carbocycles. The monoisotopic (exact) mass is 371 g/mol. The fourth-order valence-electron chi connectivity index (χ4n) is 3.42. The molecule has 0 unspecified atom stereocenters. The van der Waals surface area contributed by atoms with E-state index in [0.29, 0.717) is 51.2 Å². The maximum Gasteiger partial charge on any atom is 0.247 e. The average molecular weight is 371 g/mol. The normalized spacial score (nSPS) is 19.3. The van der Waals surface area contributed by atoms with E-state index >= 15 is 0 Å². The Bertz CT molecular complexity index is 737. The first-order chi connectivity index (χ1) is 13.3. The minimum atomic E-state index is 0.205. The van der Waals surface area contributed by atoms with Crippen molar-refractivity contribution in [2.45, 2.75) is 6.54 Å². The quantitative estimate of drug-likeness (QED) is 0.766. The smallest absolute Gasteiger partial charge is 0.247 e. The predicted octanol–water partition coefficient (Wildman–Crippen LogP) is 0.713. The molecule has 2 saturated heterocycles. The highest BCUT2D eigenvalue weighted by atomic mass is 16.5. The van der Waals surface area contributed by atoms with Crippen LogP contribution in [0.15, 0.2) is 34.7 Å². The van der Waals surface area contributed by atoms with Crippen LogP contribution in [0.25, 0.3) is 11.5 Å². The molecule has 0 aliphatic carbocycles. The number of nitrogens with zero attached hydrogens (tertiary/aromatic N) is 5. The Morgan fingerprint density at radius 1 is 0.926 bits per heavy atom. The van der Waals surface area contributed by atoms with Gasteiger partial charge in [-0.15, -0.1) is 10.2 Å². The van der Waals surface area contributed by atoms with Crippen LogP contribution in [0.2, 0.25) is 0 Å². The van der Waals surface area contributed by atoms with Gasteiger partial charge in [0.15, 0.2) is 0 Å². The van der Waals surface area contributed by atoms with Crippen LogP contribution in [0.1, 0.15) is 5.89 Å². The van der Waals surface area contributed by atoms with Crippen molar-refractivity contribution in [1.82, 2.24) is 24.9 Å². The molecule has 0 atom stereocenters. The summed E-state index contributed by atoms with van der Waals surface area (Å²) >= 11 is 0. The fraction of sp³-hybridized carbons (Fsp3) is 0.526. The highest BCUT2D eigenvalue weighted by Gasteiger charge is 2.23. The molecular weight excluding hydrogens is 346 g/mol. The van der Waals surface area contributed by atoms with Crippen LogP contribution in [0.5, 0.6) is 0 Å². The highest BCUT2D eigenvalue weighted by Crippen LogP contribution is 2.18. The van der Waals surface area contributed by atoms with Gasteiger partial charge in [0.1, 0.15) is 0 Å². The standard InChI is InChI=1S/C19H25N5O3/c25-18(24-10-12-26-13-11-24)15-23-8-6-22(7-9-23)14-17-20-21-19(27-17)16-4-2-1-3-5-16/h1-5H,6-15H2. The summed E-state index contributed by atoms with van der Waals surface area (Å²) in [5, 5.41) is 8.31. The second-order valence-electron chi connectivity index (χ2n) is 6.91. The minimum Gasteiger partial charge on any atom is -0.419 e. The topological polar surface area (TPSA) is 74.9 Å². The third-order valence-corrected chi connectivity index (χ3v) is 5.03. The Morgan fingerprint density at radius 3 is 2.37 bits per heavy atom. The molecule has 4 rings (SSSR count). The molecule has 144 valence electrons. The molecule has 0 N–H and O–H groups in total. The summed E-state index contributed by atoms with van der Waals surface area (Å²) in [4.78, 5) is 18.8. The van der Waals surface area contributed by atoms with Crippen LogP contribution in [-0.4, -0.2) is 89.8 Å². The molecule has 0 spiro atoms. The van der Waals surface area contributed by atoms with Crippen LogP contribution < -0.4 is 0 Å². The first kappa shape index (κ1) is 18.1. The lowest BCUT2D eigenvalue weighted by molar-refractivity contribution is -0.136. The lowest BCUT2D eigenvalue weighted by atomic mass is 10.2. The number of rotatable bonds is 5. The first-order valence-electron chi connectivity index (χ1n) is 9.46. The third-order valence-electron chi connectivity index (χ3n) is 5.03. The fourth-order valence-corrected chi connectivity index (χ4v) is 3.42. The van der Waals surface area contributed by atoms with Crippen LogP contribution in [0.3, 0.4) is 0 Å². The lowest BCUT2D eigenvalue weighted by Gasteiger charge is -2.35. The van der Waals surface area contributed by atoms with Gasteiger partial charge < -0.3 is 14.1 Å². The van der Waals surface area contributed by atoms with Crippen molar-refractivity contribution < 1.29 is 13.9 Å². The number of benzene rings is 1. The zero-order chi connectivity index (χ0) is 18.5. The molecule has 0 radical (unpaired) electrons. The highest BCUT2D eigenvalue weighted by molar-refractivity contribution is 5.78. The first-order valence-corrected chi connectivity index (χ1v) is 9.46. The van der Waals surface area contributed by atoms with E-state index in [1.165, 1.54) is 0 Å². The zero-order valence-corrected chi connectivity index (χ0v) is 15.4. The molecule has 0 bridgehead atoms. The van der Waals surface area contributed by atoms with Crippen LogP contribution >= 0.6 is 0 Å². The van der Waals surface area contributed by atoms with Gasteiger partial charge in [-0.1, -0.05) is 18.2 Å². The Kier molecular flexibility index (Phi) is 5.76. The molecule has 8 heteroatoms. The number of amides is 1. The van der Waals surface area contributed by atoms with Crippen LogP contribution in [0.4, 0.5) is 0 Å². The van der Waals surface area contributed by atoms with Crippen molar-refractivity contribution in [1.29, 1.82) is 0 Å². The number of ether oxygens (including phenoxy) is 1. The second-order valence-corrected chi connectivity index (χ2v) is 6.91. The van der Waals surface area contributed by atoms with Crippen molar-refractivity contribution >= 4 is 5.91 Å². The molecule has 2 aliphatic rings. The van der Waals surface area contributed by atoms with E-state index < -0.39 is 0 Å². The Balaban J connectivity index is 1.24. The van der Waals surface area contributed by atoms with E-state index in [-0.39, 0.29) is 5.91 Å². The molecule has 8 nitrogen and oxygen atoms in total. The average Bonchev–Trinajstić information content (AvgIpc) is 3.19. The molecule has 3 heterocycles. The second kappa shape index (κ2) is 8.60. The summed E-state index contributed by atoms with van der Waals surface area (Å²) in [5.74, 6) is 1.39. The molecule has 1 amide bonds. The van der Waals surface area contributed by atoms with E-state index in [4.69, 9.17) is 9.15 Å². The Morgan fingerprint density at radius 2 is 1.63 bits per heavy atom. The Hall–Kier alpha value is -2.29. The van der Waals surface area contributed by atoms with Gasteiger partial charge in [0.2, 0.25) is 17.7 Å². The van der Waals surface area contributed by atoms with Gasteiger partial charge in [-0.2, -0.15) is 0 Å². The molecule has 27 heavy (non-hydrogen) atoms. The predicted molar refractivity (Wildman–Crippen MR) is 98.9 cm³/mol. The maximum atomic E-state index is 12.4. The number of hydrogen-bond acceptors (Lipinski definition) is 7. The van der Waals surface area contributed by atoms with E-state index in [9.17, 15) is 4.79 Å². The number of hydrogen-bond donors (Lipinski definition) is 0. The SMILES string of the molecule is O=C(CN1CCN(Cc2nnc(-c3ccccc3)o2)CC1)N1CCOCC1. The summed E-state index contributed by atoms with van der Waals surface area (Å²) in [6.07, 6.45) is 0. The van der Waals surface area contributed by atoms with E-state index in [2.05, 4.69) is 20.0 Å². The molecule has 0 saturated carbocycles. The lowest BCUT2D eigenvalue weighted by Crippen LogP contribution is -2.51.